The van der Waals surface area contributed by atoms with E-state index in [2.05, 4.69) is 34.3 Å². The Morgan fingerprint density at radius 3 is 2.00 bits per heavy atom. The minimum Gasteiger partial charge on any atom is -0.459 e. The molecule has 136 valence electrons. The third kappa shape index (κ3) is 10.5. The highest BCUT2D eigenvalue weighted by Gasteiger charge is 2.17. The molecule has 0 saturated heterocycles. The van der Waals surface area contributed by atoms with Crippen molar-refractivity contribution in [3.05, 3.63) is 12.2 Å². The van der Waals surface area contributed by atoms with Gasteiger partial charge < -0.3 is 9.64 Å². The first-order valence-corrected chi connectivity index (χ1v) is 9.20. The van der Waals surface area contributed by atoms with E-state index in [1.165, 1.54) is 19.3 Å². The summed E-state index contributed by atoms with van der Waals surface area (Å²) in [6, 6.07) is 0. The van der Waals surface area contributed by atoms with E-state index in [1.807, 2.05) is 25.9 Å². The molecule has 0 amide bonds. The van der Waals surface area contributed by atoms with Crippen LogP contribution in [0.4, 0.5) is 0 Å². The summed E-state index contributed by atoms with van der Waals surface area (Å²) in [4.78, 5) is 13.9. The zero-order valence-electron chi connectivity index (χ0n) is 16.5. The highest BCUT2D eigenvalue weighted by molar-refractivity contribution is 5.88. The molecule has 0 spiro atoms. The topological polar surface area (TPSA) is 29.5 Å². The van der Waals surface area contributed by atoms with E-state index < -0.39 is 0 Å². The van der Waals surface area contributed by atoms with Crippen LogP contribution in [0.3, 0.4) is 0 Å². The third-order valence-electron chi connectivity index (χ3n) is 4.92. The van der Waals surface area contributed by atoms with Crippen LogP contribution in [0.5, 0.6) is 0 Å². The van der Waals surface area contributed by atoms with Crippen LogP contribution in [-0.4, -0.2) is 37.6 Å². The van der Waals surface area contributed by atoms with Gasteiger partial charge in [-0.3, -0.25) is 0 Å². The summed E-state index contributed by atoms with van der Waals surface area (Å²) in [5.74, 6) is 1.97. The number of nitrogens with zero attached hydrogens (tertiary/aromatic N) is 1. The molecule has 4 unspecified atom stereocenters. The Balaban J connectivity index is 4.05. The number of hydrogen-bond donors (Lipinski definition) is 0. The lowest BCUT2D eigenvalue weighted by molar-refractivity contribution is -0.144. The van der Waals surface area contributed by atoms with E-state index in [9.17, 15) is 4.79 Å². The van der Waals surface area contributed by atoms with Crippen LogP contribution in [0.15, 0.2) is 12.2 Å². The zero-order chi connectivity index (χ0) is 18.0. The molecule has 0 saturated carbocycles. The van der Waals surface area contributed by atoms with E-state index >= 15 is 0 Å². The van der Waals surface area contributed by atoms with Gasteiger partial charge in [-0.1, -0.05) is 53.5 Å². The number of carbonyl (C=O) groups excluding carboxylic acids is 1. The van der Waals surface area contributed by atoms with Gasteiger partial charge in [-0.2, -0.15) is 0 Å². The van der Waals surface area contributed by atoms with E-state index in [0.717, 1.165) is 24.7 Å². The fourth-order valence-corrected chi connectivity index (χ4v) is 2.59. The van der Waals surface area contributed by atoms with Gasteiger partial charge in [0.05, 0.1) is 6.10 Å². The van der Waals surface area contributed by atoms with E-state index in [1.54, 1.807) is 0 Å². The Bertz CT molecular complexity index is 352. The molecular formula is C20H39NO2. The predicted molar refractivity (Wildman–Crippen MR) is 99.5 cm³/mol. The fourth-order valence-electron chi connectivity index (χ4n) is 2.59. The van der Waals surface area contributed by atoms with Gasteiger partial charge in [0, 0.05) is 12.1 Å². The maximum absolute atomic E-state index is 11.9. The van der Waals surface area contributed by atoms with Crippen LogP contribution in [-0.2, 0) is 9.53 Å². The smallest absolute Gasteiger partial charge is 0.334 e. The molecule has 0 heterocycles. The van der Waals surface area contributed by atoms with E-state index in [0.29, 0.717) is 18.0 Å². The Hall–Kier alpha value is -0.830. The van der Waals surface area contributed by atoms with E-state index in [-0.39, 0.29) is 12.1 Å². The molecule has 0 aliphatic heterocycles. The van der Waals surface area contributed by atoms with Crippen molar-refractivity contribution in [3.8, 4) is 0 Å². The number of carbonyl (C=O) groups is 1. The predicted octanol–water partition coefficient (Wildman–Crippen LogP) is 4.91. The summed E-state index contributed by atoms with van der Waals surface area (Å²) < 4.78 is 5.49. The number of likely N-dealkylation sites (N-methyl/N-ethyl adjacent to an activating group) is 1. The van der Waals surface area contributed by atoms with Crippen LogP contribution >= 0.6 is 0 Å². The van der Waals surface area contributed by atoms with Crippen molar-refractivity contribution in [1.82, 2.24) is 4.90 Å². The van der Waals surface area contributed by atoms with Gasteiger partial charge >= 0.3 is 5.97 Å². The van der Waals surface area contributed by atoms with Crippen LogP contribution in [0.2, 0.25) is 0 Å². The Labute approximate surface area is 144 Å². The highest BCUT2D eigenvalue weighted by Crippen LogP contribution is 2.25. The molecule has 0 fully saturated rings. The molecule has 3 heteroatoms. The lowest BCUT2D eigenvalue weighted by Gasteiger charge is -2.23. The summed E-state index contributed by atoms with van der Waals surface area (Å²) >= 11 is 0. The zero-order valence-corrected chi connectivity index (χ0v) is 16.5. The summed E-state index contributed by atoms with van der Waals surface area (Å²) in [5.41, 5.74) is 0.525. The molecule has 4 atom stereocenters. The lowest BCUT2D eigenvalue weighted by atomic mass is 9.85. The number of ether oxygens (including phenoxy) is 1. The molecule has 0 aliphatic carbocycles. The molecule has 0 radical (unpaired) electrons. The van der Waals surface area contributed by atoms with E-state index in [4.69, 9.17) is 4.74 Å². The SMILES string of the molecule is C=C(CN(C)C)C(=O)OC(C)CCC(C)C(C)CCC(C)CC. The molecule has 0 aromatic heterocycles. The number of rotatable bonds is 12. The maximum atomic E-state index is 11.9. The number of hydrogen-bond acceptors (Lipinski definition) is 3. The van der Waals surface area contributed by atoms with Gasteiger partial charge in [0.15, 0.2) is 0 Å². The molecule has 0 rings (SSSR count). The average molecular weight is 326 g/mol. The second-order valence-electron chi connectivity index (χ2n) is 7.68. The van der Waals surface area contributed by atoms with Gasteiger partial charge in [-0.15, -0.1) is 0 Å². The molecule has 0 aromatic rings. The first-order chi connectivity index (χ1) is 10.7. The minimum absolute atomic E-state index is 0.0365. The largest absolute Gasteiger partial charge is 0.459 e. The van der Waals surface area contributed by atoms with Crippen LogP contribution < -0.4 is 0 Å². The molecule has 23 heavy (non-hydrogen) atoms. The van der Waals surface area contributed by atoms with Crippen molar-refractivity contribution in [2.75, 3.05) is 20.6 Å². The second-order valence-corrected chi connectivity index (χ2v) is 7.68. The summed E-state index contributed by atoms with van der Waals surface area (Å²) in [6.45, 7) is 15.6. The third-order valence-corrected chi connectivity index (χ3v) is 4.92. The fraction of sp³-hybridized carbons (Fsp3) is 0.850. The van der Waals surface area contributed by atoms with Gasteiger partial charge in [0.25, 0.3) is 0 Å². The first-order valence-electron chi connectivity index (χ1n) is 9.20. The van der Waals surface area contributed by atoms with Crippen LogP contribution in [0.1, 0.15) is 66.7 Å². The summed E-state index contributed by atoms with van der Waals surface area (Å²) in [6.07, 6.45) is 5.88. The average Bonchev–Trinajstić information content (AvgIpc) is 2.48. The molecule has 0 N–H and O–H groups in total. The van der Waals surface area contributed by atoms with Gasteiger partial charge in [-0.25, -0.2) is 4.79 Å². The van der Waals surface area contributed by atoms with Gasteiger partial charge in [0.1, 0.15) is 0 Å². The lowest BCUT2D eigenvalue weighted by Crippen LogP contribution is -2.24. The molecule has 0 aromatic carbocycles. The van der Waals surface area contributed by atoms with Crippen molar-refractivity contribution < 1.29 is 9.53 Å². The quantitative estimate of drug-likeness (QED) is 0.377. The minimum atomic E-state index is -0.260. The summed E-state index contributed by atoms with van der Waals surface area (Å²) in [5, 5.41) is 0. The summed E-state index contributed by atoms with van der Waals surface area (Å²) in [7, 11) is 3.84. The van der Waals surface area contributed by atoms with Crippen LogP contribution in [0.25, 0.3) is 0 Å². The van der Waals surface area contributed by atoms with Gasteiger partial charge in [-0.05, 0) is 51.6 Å². The van der Waals surface area contributed by atoms with Crippen molar-refractivity contribution >= 4 is 5.97 Å². The highest BCUT2D eigenvalue weighted by atomic mass is 16.5. The second kappa shape index (κ2) is 11.7. The normalized spacial score (nSPS) is 16.7. The molecule has 0 bridgehead atoms. The molecule has 3 nitrogen and oxygen atoms in total. The standard InChI is InChI=1S/C20H39NO2/c1-9-15(2)10-11-16(3)17(4)12-13-19(6)23-20(22)18(5)14-21(7)8/h15-17,19H,5,9-14H2,1-4,6-8H3. The van der Waals surface area contributed by atoms with Crippen LogP contribution in [0, 0.1) is 17.8 Å². The number of esters is 1. The van der Waals surface area contributed by atoms with Gasteiger partial charge in [0.2, 0.25) is 0 Å². The molecular weight excluding hydrogens is 286 g/mol. The van der Waals surface area contributed by atoms with Crippen molar-refractivity contribution in [1.29, 1.82) is 0 Å². The Morgan fingerprint density at radius 1 is 1.00 bits per heavy atom. The molecule has 0 aliphatic rings. The first kappa shape index (κ1) is 22.2. The Kier molecular flexibility index (Phi) is 11.2. The van der Waals surface area contributed by atoms with Crippen molar-refractivity contribution in [2.24, 2.45) is 17.8 Å². The Morgan fingerprint density at radius 2 is 1.52 bits per heavy atom. The monoisotopic (exact) mass is 325 g/mol. The maximum Gasteiger partial charge on any atom is 0.334 e. The van der Waals surface area contributed by atoms with Crippen molar-refractivity contribution in [3.63, 3.8) is 0 Å². The van der Waals surface area contributed by atoms with Crippen molar-refractivity contribution in [2.45, 2.75) is 72.8 Å².